The van der Waals surface area contributed by atoms with E-state index in [1.807, 2.05) is 46.8 Å². The van der Waals surface area contributed by atoms with Crippen molar-refractivity contribution in [2.45, 2.75) is 67.0 Å². The predicted molar refractivity (Wildman–Crippen MR) is 129 cm³/mol. The van der Waals surface area contributed by atoms with Crippen LogP contribution in [0.15, 0.2) is 29.5 Å². The fourth-order valence-corrected chi connectivity index (χ4v) is 4.73. The summed E-state index contributed by atoms with van der Waals surface area (Å²) in [5.41, 5.74) is 4.35. The molecule has 180 valence electrons. The first-order valence-electron chi connectivity index (χ1n) is 12.0. The van der Waals surface area contributed by atoms with Crippen molar-refractivity contribution in [2.24, 2.45) is 11.8 Å². The zero-order valence-electron chi connectivity index (χ0n) is 21.0. The van der Waals surface area contributed by atoms with Gasteiger partial charge in [-0.25, -0.2) is 4.79 Å². The molecule has 33 heavy (non-hydrogen) atoms. The van der Waals surface area contributed by atoms with Crippen LogP contribution in [0.2, 0.25) is 0 Å². The minimum Gasteiger partial charge on any atom is -0.354 e. The van der Waals surface area contributed by atoms with Crippen LogP contribution < -0.4 is 10.6 Å². The van der Waals surface area contributed by atoms with E-state index in [4.69, 9.17) is 0 Å². The van der Waals surface area contributed by atoms with Crippen LogP contribution in [0.1, 0.15) is 63.8 Å². The standard InChI is InChI=1S/C26H38N4O3/c1-8-29-21-14-30(20(11-15(2)3)24(31)27-13-16(4)5)25(32)22(21)23(28-26(29)33)19-10-9-17(6)12-18(19)7/h9-10,12,15-16,20,23H,8,11,13-14H2,1-7H3,(H,27,31)(H,28,33). The largest absolute Gasteiger partial charge is 0.354 e. The van der Waals surface area contributed by atoms with E-state index in [1.54, 1.807) is 9.80 Å². The number of rotatable bonds is 8. The van der Waals surface area contributed by atoms with E-state index in [9.17, 15) is 14.4 Å². The highest BCUT2D eigenvalue weighted by atomic mass is 16.2. The van der Waals surface area contributed by atoms with Crippen LogP contribution in [0, 0.1) is 25.7 Å². The lowest BCUT2D eigenvalue weighted by Crippen LogP contribution is -2.50. The summed E-state index contributed by atoms with van der Waals surface area (Å²) in [6, 6.07) is 4.74. The molecule has 7 nitrogen and oxygen atoms in total. The zero-order valence-corrected chi connectivity index (χ0v) is 21.0. The number of benzene rings is 1. The first kappa shape index (κ1) is 24.8. The van der Waals surface area contributed by atoms with Crippen LogP contribution in [0.5, 0.6) is 0 Å². The Morgan fingerprint density at radius 3 is 2.42 bits per heavy atom. The lowest BCUT2D eigenvalue weighted by molar-refractivity contribution is -0.137. The van der Waals surface area contributed by atoms with Gasteiger partial charge in [0.2, 0.25) is 5.91 Å². The molecule has 0 saturated carbocycles. The second-order valence-electron chi connectivity index (χ2n) is 10.1. The molecule has 2 unspecified atom stereocenters. The first-order chi connectivity index (χ1) is 15.5. The van der Waals surface area contributed by atoms with Gasteiger partial charge in [0.25, 0.3) is 5.91 Å². The predicted octanol–water partition coefficient (Wildman–Crippen LogP) is 3.67. The van der Waals surface area contributed by atoms with Crippen LogP contribution in [0.25, 0.3) is 0 Å². The van der Waals surface area contributed by atoms with Gasteiger partial charge < -0.3 is 15.5 Å². The van der Waals surface area contributed by atoms with Gasteiger partial charge in [-0.2, -0.15) is 0 Å². The highest BCUT2D eigenvalue weighted by Crippen LogP contribution is 2.38. The molecule has 0 saturated heterocycles. The van der Waals surface area contributed by atoms with E-state index in [2.05, 4.69) is 30.5 Å². The third-order valence-corrected chi connectivity index (χ3v) is 6.36. The Bertz CT molecular complexity index is 966. The Morgan fingerprint density at radius 2 is 1.85 bits per heavy atom. The number of aryl methyl sites for hydroxylation is 2. The molecule has 2 heterocycles. The Labute approximate surface area is 197 Å². The number of hydrogen-bond acceptors (Lipinski definition) is 3. The zero-order chi connectivity index (χ0) is 24.4. The van der Waals surface area contributed by atoms with Gasteiger partial charge in [-0.3, -0.25) is 14.5 Å². The Kier molecular flexibility index (Phi) is 7.50. The third kappa shape index (κ3) is 5.07. The van der Waals surface area contributed by atoms with Gasteiger partial charge in [-0.15, -0.1) is 0 Å². The van der Waals surface area contributed by atoms with E-state index in [-0.39, 0.29) is 30.3 Å². The Morgan fingerprint density at radius 1 is 1.15 bits per heavy atom. The number of hydrogen-bond donors (Lipinski definition) is 2. The average molecular weight is 455 g/mol. The maximum absolute atomic E-state index is 13.8. The smallest absolute Gasteiger partial charge is 0.322 e. The number of carbonyl (C=O) groups is 3. The summed E-state index contributed by atoms with van der Waals surface area (Å²) >= 11 is 0. The molecular weight excluding hydrogens is 416 g/mol. The Balaban J connectivity index is 2.00. The molecule has 1 aromatic rings. The van der Waals surface area contributed by atoms with E-state index in [0.717, 1.165) is 16.7 Å². The number of carbonyl (C=O) groups excluding carboxylic acids is 3. The van der Waals surface area contributed by atoms with Gasteiger partial charge >= 0.3 is 6.03 Å². The van der Waals surface area contributed by atoms with Gasteiger partial charge in [0.05, 0.1) is 23.9 Å². The summed E-state index contributed by atoms with van der Waals surface area (Å²) in [7, 11) is 0. The summed E-state index contributed by atoms with van der Waals surface area (Å²) in [4.78, 5) is 43.3. The SMILES string of the molecule is CCN1C(=O)NC(c2ccc(C)cc2C)C2=C1CN(C(CC(C)C)C(=O)NCC(C)C)C2=O. The molecule has 2 aliphatic rings. The van der Waals surface area contributed by atoms with Gasteiger partial charge in [-0.1, -0.05) is 51.5 Å². The van der Waals surface area contributed by atoms with Gasteiger partial charge in [0.1, 0.15) is 6.04 Å². The summed E-state index contributed by atoms with van der Waals surface area (Å²) in [6.07, 6.45) is 0.567. The van der Waals surface area contributed by atoms with E-state index in [1.165, 1.54) is 0 Å². The van der Waals surface area contributed by atoms with Crippen molar-refractivity contribution in [2.75, 3.05) is 19.6 Å². The van der Waals surface area contributed by atoms with Gasteiger partial charge in [0.15, 0.2) is 0 Å². The lowest BCUT2D eigenvalue weighted by Gasteiger charge is -2.33. The molecule has 0 aliphatic carbocycles. The minimum absolute atomic E-state index is 0.129. The number of likely N-dealkylation sites (N-methyl/N-ethyl adjacent to an activating group) is 1. The van der Waals surface area contributed by atoms with Crippen molar-refractivity contribution >= 4 is 17.8 Å². The highest BCUT2D eigenvalue weighted by molar-refractivity contribution is 6.03. The maximum atomic E-state index is 13.8. The van der Waals surface area contributed by atoms with Crippen LogP contribution in [-0.2, 0) is 9.59 Å². The number of nitrogens with one attached hydrogen (secondary N) is 2. The molecule has 0 aromatic heterocycles. The molecule has 2 atom stereocenters. The van der Waals surface area contributed by atoms with Crippen molar-refractivity contribution in [1.29, 1.82) is 0 Å². The summed E-state index contributed by atoms with van der Waals surface area (Å²) < 4.78 is 0. The lowest BCUT2D eigenvalue weighted by atomic mass is 9.91. The summed E-state index contributed by atoms with van der Waals surface area (Å²) in [5.74, 6) is 0.262. The van der Waals surface area contributed by atoms with Crippen molar-refractivity contribution in [3.8, 4) is 0 Å². The molecule has 2 aliphatic heterocycles. The fraction of sp³-hybridized carbons (Fsp3) is 0.577. The molecule has 0 spiro atoms. The normalized spacial score (nSPS) is 19.4. The molecule has 3 rings (SSSR count). The quantitative estimate of drug-likeness (QED) is 0.629. The second-order valence-corrected chi connectivity index (χ2v) is 10.1. The number of urea groups is 1. The minimum atomic E-state index is -0.574. The topological polar surface area (TPSA) is 81.8 Å². The summed E-state index contributed by atoms with van der Waals surface area (Å²) in [5, 5.41) is 6.06. The van der Waals surface area contributed by atoms with Crippen LogP contribution in [-0.4, -0.2) is 53.3 Å². The van der Waals surface area contributed by atoms with Crippen LogP contribution >= 0.6 is 0 Å². The van der Waals surface area contributed by atoms with E-state index in [0.29, 0.717) is 36.7 Å². The van der Waals surface area contributed by atoms with E-state index < -0.39 is 12.1 Å². The van der Waals surface area contributed by atoms with Crippen molar-refractivity contribution in [3.05, 3.63) is 46.2 Å². The van der Waals surface area contributed by atoms with Gasteiger partial charge in [-0.05, 0) is 50.2 Å². The molecule has 1 aromatic carbocycles. The Hall–Kier alpha value is -2.83. The molecule has 0 radical (unpaired) electrons. The van der Waals surface area contributed by atoms with Crippen molar-refractivity contribution in [1.82, 2.24) is 20.4 Å². The highest BCUT2D eigenvalue weighted by Gasteiger charge is 2.47. The van der Waals surface area contributed by atoms with Crippen LogP contribution in [0.4, 0.5) is 4.79 Å². The monoisotopic (exact) mass is 454 g/mol. The molecular formula is C26H38N4O3. The number of nitrogens with zero attached hydrogens (tertiary/aromatic N) is 2. The second kappa shape index (κ2) is 9.98. The molecule has 4 amide bonds. The van der Waals surface area contributed by atoms with Gasteiger partial charge in [0, 0.05) is 13.1 Å². The third-order valence-electron chi connectivity index (χ3n) is 6.36. The number of amides is 4. The molecule has 7 heteroatoms. The molecule has 2 N–H and O–H groups in total. The fourth-order valence-electron chi connectivity index (χ4n) is 4.73. The first-order valence-corrected chi connectivity index (χ1v) is 12.0. The molecule has 0 fully saturated rings. The maximum Gasteiger partial charge on any atom is 0.322 e. The van der Waals surface area contributed by atoms with Crippen molar-refractivity contribution < 1.29 is 14.4 Å². The van der Waals surface area contributed by atoms with E-state index >= 15 is 0 Å². The summed E-state index contributed by atoms with van der Waals surface area (Å²) in [6.45, 7) is 15.4. The van der Waals surface area contributed by atoms with Crippen LogP contribution in [0.3, 0.4) is 0 Å². The average Bonchev–Trinajstić information content (AvgIpc) is 3.06. The molecule has 0 bridgehead atoms. The van der Waals surface area contributed by atoms with Crippen molar-refractivity contribution in [3.63, 3.8) is 0 Å².